The van der Waals surface area contributed by atoms with Gasteiger partial charge in [0.2, 0.25) is 0 Å². The van der Waals surface area contributed by atoms with Gasteiger partial charge in [0.05, 0.1) is 6.54 Å². The summed E-state index contributed by atoms with van der Waals surface area (Å²) in [5, 5.41) is 12.3. The van der Waals surface area contributed by atoms with Crippen molar-refractivity contribution < 1.29 is 0 Å². The molecule has 0 unspecified atom stereocenters. The maximum Gasteiger partial charge on any atom is 0.0536 e. The van der Waals surface area contributed by atoms with Crippen molar-refractivity contribution in [1.82, 2.24) is 20.0 Å². The minimum Gasteiger partial charge on any atom is -0.317 e. The van der Waals surface area contributed by atoms with Crippen molar-refractivity contribution in [3.05, 3.63) is 40.8 Å². The lowest BCUT2D eigenvalue weighted by atomic mass is 9.93. The molecule has 2 aromatic rings. The Labute approximate surface area is 136 Å². The van der Waals surface area contributed by atoms with E-state index in [2.05, 4.69) is 43.0 Å². The zero-order valence-corrected chi connectivity index (χ0v) is 13.8. The first kappa shape index (κ1) is 14.4. The van der Waals surface area contributed by atoms with Crippen LogP contribution in [0.5, 0.6) is 0 Å². The first-order chi connectivity index (χ1) is 10.9. The Bertz CT molecular complexity index is 572. The van der Waals surface area contributed by atoms with Gasteiger partial charge in [0.1, 0.15) is 0 Å². The molecule has 1 saturated heterocycles. The van der Waals surface area contributed by atoms with Gasteiger partial charge in [0, 0.05) is 31.5 Å². The summed E-state index contributed by atoms with van der Waals surface area (Å²) in [5.41, 5.74) is 2.06. The van der Waals surface area contributed by atoms with Crippen LogP contribution in [0.1, 0.15) is 24.8 Å². The molecule has 1 aliphatic heterocycles. The topological polar surface area (TPSA) is 33.1 Å². The van der Waals surface area contributed by atoms with Crippen molar-refractivity contribution in [1.29, 1.82) is 0 Å². The third kappa shape index (κ3) is 2.98. The first-order valence-electron chi connectivity index (χ1n) is 8.29. The van der Waals surface area contributed by atoms with E-state index in [0.717, 1.165) is 25.7 Å². The van der Waals surface area contributed by atoms with Gasteiger partial charge in [-0.05, 0) is 66.2 Å². The van der Waals surface area contributed by atoms with Crippen LogP contribution in [0, 0.1) is 5.41 Å². The van der Waals surface area contributed by atoms with Gasteiger partial charge in [0.25, 0.3) is 0 Å². The Balaban J connectivity index is 1.43. The molecule has 1 aliphatic carbocycles. The van der Waals surface area contributed by atoms with Gasteiger partial charge in [-0.2, -0.15) is 16.4 Å². The van der Waals surface area contributed by atoms with Crippen LogP contribution in [0.25, 0.3) is 0 Å². The number of piperidine rings is 1. The van der Waals surface area contributed by atoms with Crippen LogP contribution in [0.4, 0.5) is 0 Å². The molecule has 0 bridgehead atoms. The summed E-state index contributed by atoms with van der Waals surface area (Å²) in [7, 11) is 0. The van der Waals surface area contributed by atoms with Gasteiger partial charge < -0.3 is 5.32 Å². The van der Waals surface area contributed by atoms with E-state index >= 15 is 0 Å². The molecule has 1 N–H and O–H groups in total. The van der Waals surface area contributed by atoms with E-state index in [1.807, 2.05) is 12.3 Å². The minimum absolute atomic E-state index is 0.603. The molecular formula is C17H24N4S. The molecule has 0 amide bonds. The van der Waals surface area contributed by atoms with Crippen molar-refractivity contribution in [3.63, 3.8) is 0 Å². The molecule has 4 nitrogen and oxygen atoms in total. The number of aromatic nitrogens is 2. The lowest BCUT2D eigenvalue weighted by Crippen LogP contribution is -2.37. The summed E-state index contributed by atoms with van der Waals surface area (Å²) in [4.78, 5) is 2.70. The van der Waals surface area contributed by atoms with Gasteiger partial charge in [-0.15, -0.1) is 0 Å². The SMILES string of the molecule is c1cnn(CCN(Cc2ccsc2)[C@@H]2CC23CCNCC3)c1. The fourth-order valence-electron chi connectivity index (χ4n) is 3.93. The van der Waals surface area contributed by atoms with E-state index in [1.165, 1.54) is 37.9 Å². The predicted octanol–water partition coefficient (Wildman–Crippen LogP) is 2.59. The minimum atomic E-state index is 0.603. The molecule has 0 aromatic carbocycles. The van der Waals surface area contributed by atoms with Crippen molar-refractivity contribution >= 4 is 11.3 Å². The van der Waals surface area contributed by atoms with Crippen molar-refractivity contribution in [2.24, 2.45) is 5.41 Å². The van der Waals surface area contributed by atoms with Crippen LogP contribution in [-0.2, 0) is 13.1 Å². The van der Waals surface area contributed by atoms with Crippen molar-refractivity contribution in [2.45, 2.75) is 38.4 Å². The Kier molecular flexibility index (Phi) is 4.03. The van der Waals surface area contributed by atoms with E-state index in [-0.39, 0.29) is 0 Å². The Hall–Kier alpha value is -1.17. The van der Waals surface area contributed by atoms with Gasteiger partial charge in [-0.3, -0.25) is 9.58 Å². The first-order valence-corrected chi connectivity index (χ1v) is 9.23. The largest absolute Gasteiger partial charge is 0.317 e. The van der Waals surface area contributed by atoms with Crippen LogP contribution >= 0.6 is 11.3 Å². The van der Waals surface area contributed by atoms with Gasteiger partial charge >= 0.3 is 0 Å². The Morgan fingerprint density at radius 2 is 2.32 bits per heavy atom. The zero-order valence-electron chi connectivity index (χ0n) is 12.9. The van der Waals surface area contributed by atoms with Crippen molar-refractivity contribution in [2.75, 3.05) is 19.6 Å². The second-order valence-electron chi connectivity index (χ2n) is 6.70. The van der Waals surface area contributed by atoms with Gasteiger partial charge in [0.15, 0.2) is 0 Å². The average molecular weight is 316 g/mol. The van der Waals surface area contributed by atoms with Crippen LogP contribution in [0.15, 0.2) is 35.3 Å². The smallest absolute Gasteiger partial charge is 0.0536 e. The Morgan fingerprint density at radius 3 is 3.05 bits per heavy atom. The number of rotatable bonds is 6. The fourth-order valence-corrected chi connectivity index (χ4v) is 4.59. The summed E-state index contributed by atoms with van der Waals surface area (Å²) in [6, 6.07) is 5.04. The summed E-state index contributed by atoms with van der Waals surface area (Å²) in [5.74, 6) is 0. The highest BCUT2D eigenvalue weighted by Gasteiger charge is 2.56. The molecule has 3 heterocycles. The second kappa shape index (κ2) is 6.14. The monoisotopic (exact) mass is 316 g/mol. The predicted molar refractivity (Wildman–Crippen MR) is 89.9 cm³/mol. The van der Waals surface area contributed by atoms with E-state index < -0.39 is 0 Å². The number of hydrogen-bond donors (Lipinski definition) is 1. The maximum atomic E-state index is 4.35. The molecule has 2 fully saturated rings. The lowest BCUT2D eigenvalue weighted by Gasteiger charge is -2.29. The second-order valence-corrected chi connectivity index (χ2v) is 7.48. The van der Waals surface area contributed by atoms with Crippen molar-refractivity contribution in [3.8, 4) is 0 Å². The fraction of sp³-hybridized carbons (Fsp3) is 0.588. The van der Waals surface area contributed by atoms with Crippen LogP contribution in [0.3, 0.4) is 0 Å². The molecule has 5 heteroatoms. The van der Waals surface area contributed by atoms with E-state index in [4.69, 9.17) is 0 Å². The number of thiophene rings is 1. The highest BCUT2D eigenvalue weighted by Crippen LogP contribution is 2.55. The summed E-state index contributed by atoms with van der Waals surface area (Å²) in [6.07, 6.45) is 8.02. The molecule has 1 saturated carbocycles. The molecule has 1 spiro atoms. The molecule has 1 atom stereocenters. The summed E-state index contributed by atoms with van der Waals surface area (Å²) >= 11 is 1.80. The normalized spacial score (nSPS) is 23.2. The van der Waals surface area contributed by atoms with Crippen LogP contribution in [-0.4, -0.2) is 40.4 Å². The summed E-state index contributed by atoms with van der Waals surface area (Å²) in [6.45, 7) is 5.56. The third-order valence-corrected chi connectivity index (χ3v) is 6.06. The van der Waals surface area contributed by atoms with Gasteiger partial charge in [-0.25, -0.2) is 0 Å². The summed E-state index contributed by atoms with van der Waals surface area (Å²) < 4.78 is 2.05. The zero-order chi connectivity index (χ0) is 14.8. The molecular weight excluding hydrogens is 292 g/mol. The van der Waals surface area contributed by atoms with E-state index in [1.54, 1.807) is 11.3 Å². The standard InChI is InChI=1S/C17H24N4S/c1-5-19-21(8-1)10-9-20(13-15-2-11-22-14-15)16-12-17(16)3-6-18-7-4-17/h1-2,5,8,11,14,16,18H,3-4,6-7,9-10,12-13H2/t16-/m1/s1. The highest BCUT2D eigenvalue weighted by molar-refractivity contribution is 7.07. The molecule has 22 heavy (non-hydrogen) atoms. The Morgan fingerprint density at radius 1 is 1.41 bits per heavy atom. The van der Waals surface area contributed by atoms with Gasteiger partial charge in [-0.1, -0.05) is 0 Å². The average Bonchev–Trinajstić information content (AvgIpc) is 2.98. The quantitative estimate of drug-likeness (QED) is 0.889. The number of nitrogens with one attached hydrogen (secondary N) is 1. The lowest BCUT2D eigenvalue weighted by molar-refractivity contribution is 0.187. The molecule has 4 rings (SSSR count). The van der Waals surface area contributed by atoms with E-state index in [0.29, 0.717) is 5.41 Å². The maximum absolute atomic E-state index is 4.35. The number of nitrogens with zero attached hydrogens (tertiary/aromatic N) is 3. The van der Waals surface area contributed by atoms with Crippen LogP contribution < -0.4 is 5.32 Å². The number of hydrogen-bond acceptors (Lipinski definition) is 4. The molecule has 2 aromatic heterocycles. The molecule has 2 aliphatic rings. The van der Waals surface area contributed by atoms with Crippen LogP contribution in [0.2, 0.25) is 0 Å². The van der Waals surface area contributed by atoms with E-state index in [9.17, 15) is 0 Å². The third-order valence-electron chi connectivity index (χ3n) is 5.33. The highest BCUT2D eigenvalue weighted by atomic mass is 32.1. The molecule has 118 valence electrons. The molecule has 0 radical (unpaired) electrons.